The molecule has 0 unspecified atom stereocenters. The third-order valence-corrected chi connectivity index (χ3v) is 1.01. The first kappa shape index (κ1) is 12.3. The molecule has 0 bridgehead atoms. The molecular weight excluding hydrogens is 127 g/mol. The van der Waals surface area contributed by atoms with Crippen molar-refractivity contribution in [1.82, 2.24) is 0 Å². The van der Waals surface area contributed by atoms with Crippen molar-refractivity contribution in [2.75, 3.05) is 6.61 Å². The predicted octanol–water partition coefficient (Wildman–Crippen LogP) is 0.910. The number of unbranched alkanes of at least 4 members (excludes halogenated alkanes) is 3. The molecule has 0 aromatic carbocycles. The third-order valence-electron chi connectivity index (χ3n) is 1.01. The van der Waals surface area contributed by atoms with Crippen LogP contribution in [0.1, 0.15) is 32.6 Å². The molecule has 0 aliphatic carbocycles. The van der Waals surface area contributed by atoms with Gasteiger partial charge in [0.05, 0.1) is 0 Å². The Morgan fingerprint density at radius 1 is 1.12 bits per heavy atom. The van der Waals surface area contributed by atoms with Gasteiger partial charge in [0.25, 0.3) is 0 Å². The molecule has 0 atom stereocenters. The number of aliphatic hydroxyl groups is 1. The fraction of sp³-hybridized carbons (Fsp3) is 1.00. The van der Waals surface area contributed by atoms with E-state index in [9.17, 15) is 0 Å². The molecule has 0 fully saturated rings. The van der Waals surface area contributed by atoms with Crippen molar-refractivity contribution in [2.24, 2.45) is 0 Å². The molecule has 0 amide bonds. The van der Waals surface area contributed by atoms with E-state index in [2.05, 4.69) is 6.92 Å². The second-order valence-electron chi connectivity index (χ2n) is 1.78. The van der Waals surface area contributed by atoms with Gasteiger partial charge in [-0.05, 0) is 6.42 Å². The molecule has 0 rings (SSSR count). The summed E-state index contributed by atoms with van der Waals surface area (Å²) in [6.07, 6.45) is 4.68. The molecule has 1 nitrogen and oxygen atoms in total. The predicted molar refractivity (Wildman–Crippen MR) is 38.4 cm³/mol. The first-order chi connectivity index (χ1) is 3.41. The van der Waals surface area contributed by atoms with Crippen LogP contribution in [0.4, 0.5) is 0 Å². The standard InChI is InChI=1S/C6H14O.K.H/c1-2-3-4-5-6-7;;/h7H,2-6H2,1H3;;. The summed E-state index contributed by atoms with van der Waals surface area (Å²) >= 11 is 0. The van der Waals surface area contributed by atoms with Crippen LogP contribution in [0.15, 0.2) is 0 Å². The van der Waals surface area contributed by atoms with Crippen LogP contribution >= 0.6 is 0 Å². The van der Waals surface area contributed by atoms with Crippen molar-refractivity contribution < 1.29 is 5.11 Å². The van der Waals surface area contributed by atoms with Gasteiger partial charge < -0.3 is 5.11 Å². The van der Waals surface area contributed by atoms with Crippen molar-refractivity contribution in [3.8, 4) is 0 Å². The van der Waals surface area contributed by atoms with Crippen molar-refractivity contribution >= 4 is 51.4 Å². The van der Waals surface area contributed by atoms with Gasteiger partial charge in [0.2, 0.25) is 0 Å². The van der Waals surface area contributed by atoms with Gasteiger partial charge in [-0.15, -0.1) is 0 Å². The zero-order valence-corrected chi connectivity index (χ0v) is 4.98. The van der Waals surface area contributed by atoms with Crippen LogP contribution in [-0.2, 0) is 0 Å². The van der Waals surface area contributed by atoms with E-state index in [0.29, 0.717) is 6.61 Å². The molecule has 0 aliphatic rings. The van der Waals surface area contributed by atoms with Crippen molar-refractivity contribution in [1.29, 1.82) is 0 Å². The average Bonchev–Trinajstić information content (AvgIpc) is 1.69. The quantitative estimate of drug-likeness (QED) is 0.457. The summed E-state index contributed by atoms with van der Waals surface area (Å²) in [6, 6.07) is 0. The normalized spacial score (nSPS) is 8.25. The summed E-state index contributed by atoms with van der Waals surface area (Å²) in [5.41, 5.74) is 0. The monoisotopic (exact) mass is 142 g/mol. The van der Waals surface area contributed by atoms with Crippen LogP contribution in [0, 0.1) is 0 Å². The van der Waals surface area contributed by atoms with Crippen molar-refractivity contribution in [2.45, 2.75) is 32.6 Å². The first-order valence-corrected chi connectivity index (χ1v) is 3.02. The summed E-state index contributed by atoms with van der Waals surface area (Å²) in [7, 11) is 0. The number of hydrogen-bond donors (Lipinski definition) is 1. The Bertz CT molecular complexity index is 27.7. The Labute approximate surface area is 94.3 Å². The molecule has 0 saturated carbocycles. The van der Waals surface area contributed by atoms with Gasteiger partial charge in [-0.25, -0.2) is 0 Å². The molecule has 0 radical (unpaired) electrons. The minimum absolute atomic E-state index is 0. The van der Waals surface area contributed by atoms with Crippen LogP contribution in [0.3, 0.4) is 0 Å². The first-order valence-electron chi connectivity index (χ1n) is 3.02. The van der Waals surface area contributed by atoms with Gasteiger partial charge in [0.1, 0.15) is 0 Å². The summed E-state index contributed by atoms with van der Waals surface area (Å²) in [5.74, 6) is 0. The fourth-order valence-corrected chi connectivity index (χ4v) is 0.539. The molecule has 1 N–H and O–H groups in total. The van der Waals surface area contributed by atoms with Gasteiger partial charge >= 0.3 is 51.4 Å². The Morgan fingerprint density at radius 3 is 2.12 bits per heavy atom. The summed E-state index contributed by atoms with van der Waals surface area (Å²) in [5, 5.41) is 8.29. The van der Waals surface area contributed by atoms with Crippen LogP contribution in [0.25, 0.3) is 0 Å². The van der Waals surface area contributed by atoms with E-state index in [0.717, 1.165) is 6.42 Å². The van der Waals surface area contributed by atoms with Crippen LogP contribution < -0.4 is 0 Å². The second-order valence-corrected chi connectivity index (χ2v) is 1.78. The molecular formula is C6H15KO. The van der Waals surface area contributed by atoms with Gasteiger partial charge in [0.15, 0.2) is 0 Å². The summed E-state index contributed by atoms with van der Waals surface area (Å²) in [4.78, 5) is 0. The average molecular weight is 142 g/mol. The SMILES string of the molecule is CCCCCCO.[KH]. The Hall–Kier alpha value is 1.60. The van der Waals surface area contributed by atoms with Crippen molar-refractivity contribution in [3.63, 3.8) is 0 Å². The molecule has 0 spiro atoms. The molecule has 2 heteroatoms. The Morgan fingerprint density at radius 2 is 1.75 bits per heavy atom. The molecule has 0 saturated heterocycles. The van der Waals surface area contributed by atoms with Crippen LogP contribution in [-0.4, -0.2) is 63.1 Å². The van der Waals surface area contributed by atoms with Gasteiger partial charge in [-0.1, -0.05) is 26.2 Å². The van der Waals surface area contributed by atoms with Gasteiger partial charge in [0, 0.05) is 6.61 Å². The summed E-state index contributed by atoms with van der Waals surface area (Å²) in [6.45, 7) is 2.53. The van der Waals surface area contributed by atoms with E-state index in [4.69, 9.17) is 5.11 Å². The summed E-state index contributed by atoms with van der Waals surface area (Å²) < 4.78 is 0. The van der Waals surface area contributed by atoms with E-state index in [1.807, 2.05) is 0 Å². The molecule has 46 valence electrons. The fourth-order valence-electron chi connectivity index (χ4n) is 0.539. The van der Waals surface area contributed by atoms with E-state index in [1.165, 1.54) is 19.3 Å². The second kappa shape index (κ2) is 11.4. The molecule has 0 aromatic heterocycles. The Kier molecular flexibility index (Phi) is 17.5. The molecule has 0 heterocycles. The van der Waals surface area contributed by atoms with Gasteiger partial charge in [-0.3, -0.25) is 0 Å². The van der Waals surface area contributed by atoms with E-state index in [1.54, 1.807) is 0 Å². The number of hydrogen-bond acceptors (Lipinski definition) is 1. The van der Waals surface area contributed by atoms with E-state index < -0.39 is 0 Å². The maximum atomic E-state index is 8.29. The van der Waals surface area contributed by atoms with Gasteiger partial charge in [-0.2, -0.15) is 0 Å². The Balaban J connectivity index is 0. The van der Waals surface area contributed by atoms with E-state index >= 15 is 0 Å². The molecule has 8 heavy (non-hydrogen) atoms. The van der Waals surface area contributed by atoms with Crippen LogP contribution in [0.5, 0.6) is 0 Å². The molecule has 0 aromatic rings. The van der Waals surface area contributed by atoms with E-state index in [-0.39, 0.29) is 51.4 Å². The minimum atomic E-state index is 0. The number of rotatable bonds is 4. The zero-order chi connectivity index (χ0) is 5.54. The topological polar surface area (TPSA) is 20.2 Å². The van der Waals surface area contributed by atoms with Crippen molar-refractivity contribution in [3.05, 3.63) is 0 Å². The zero-order valence-electron chi connectivity index (χ0n) is 4.98. The number of aliphatic hydroxyl groups excluding tert-OH is 1. The van der Waals surface area contributed by atoms with Crippen LogP contribution in [0.2, 0.25) is 0 Å². The third kappa shape index (κ3) is 10.6. The molecule has 0 aliphatic heterocycles. The maximum absolute atomic E-state index is 8.29.